The molecule has 17 heavy (non-hydrogen) atoms. The first-order valence-corrected chi connectivity index (χ1v) is 6.23. The summed E-state index contributed by atoms with van der Waals surface area (Å²) in [5, 5.41) is 0. The van der Waals surface area contributed by atoms with Crippen molar-refractivity contribution in [1.82, 2.24) is 9.97 Å². The smallest absolute Gasteiger partial charge is 0.128 e. The minimum atomic E-state index is 0.320. The first-order valence-electron chi connectivity index (χ1n) is 6.23. The van der Waals surface area contributed by atoms with Crippen LogP contribution in [0.1, 0.15) is 37.9 Å². The Hall–Kier alpha value is -1.62. The summed E-state index contributed by atoms with van der Waals surface area (Å²) in [6, 6.07) is 0. The Kier molecular flexibility index (Phi) is 3.58. The average Bonchev–Trinajstić information content (AvgIpc) is 2.35. The fraction of sp³-hybridized carbons (Fsp3) is 0.467. The molecule has 0 saturated carbocycles. The van der Waals surface area contributed by atoms with Crippen molar-refractivity contribution in [3.63, 3.8) is 0 Å². The molecule has 0 fully saturated rings. The fourth-order valence-electron chi connectivity index (χ4n) is 1.82. The van der Waals surface area contributed by atoms with Crippen LogP contribution in [0, 0.1) is 23.7 Å². The van der Waals surface area contributed by atoms with E-state index in [-0.39, 0.29) is 0 Å². The molecule has 1 aliphatic carbocycles. The van der Waals surface area contributed by atoms with Crippen LogP contribution in [-0.4, -0.2) is 9.97 Å². The van der Waals surface area contributed by atoms with Crippen LogP contribution in [0.15, 0.2) is 12.3 Å². The van der Waals surface area contributed by atoms with Crippen molar-refractivity contribution in [2.24, 2.45) is 11.8 Å². The van der Waals surface area contributed by atoms with Crippen LogP contribution in [0.3, 0.4) is 0 Å². The number of rotatable bonds is 1. The molecular formula is C15H18N2. The van der Waals surface area contributed by atoms with Gasteiger partial charge in [-0.05, 0) is 18.1 Å². The molecule has 1 unspecified atom stereocenters. The maximum Gasteiger partial charge on any atom is 0.128 e. The fourth-order valence-corrected chi connectivity index (χ4v) is 1.82. The van der Waals surface area contributed by atoms with Crippen LogP contribution in [0.5, 0.6) is 0 Å². The molecule has 2 nitrogen and oxygen atoms in total. The zero-order valence-electron chi connectivity index (χ0n) is 10.7. The van der Waals surface area contributed by atoms with Gasteiger partial charge in [0.05, 0.1) is 5.69 Å². The summed E-state index contributed by atoms with van der Waals surface area (Å²) in [5.74, 6) is 8.20. The molecule has 0 saturated heterocycles. The van der Waals surface area contributed by atoms with E-state index in [0.717, 1.165) is 24.4 Å². The van der Waals surface area contributed by atoms with Crippen molar-refractivity contribution < 1.29 is 0 Å². The van der Waals surface area contributed by atoms with E-state index in [1.54, 1.807) is 0 Å². The molecule has 1 heterocycles. The van der Waals surface area contributed by atoms with Crippen LogP contribution in [0.25, 0.3) is 6.08 Å². The number of aryl methyl sites for hydroxylation is 1. The van der Waals surface area contributed by atoms with Gasteiger partial charge in [-0.15, -0.1) is 0 Å². The Balaban J connectivity index is 2.19. The summed E-state index contributed by atoms with van der Waals surface area (Å²) in [5.41, 5.74) is 2.28. The second-order valence-electron chi connectivity index (χ2n) is 4.66. The molecule has 0 spiro atoms. The normalized spacial score (nSPS) is 17.5. The van der Waals surface area contributed by atoms with Gasteiger partial charge in [-0.1, -0.05) is 38.7 Å². The van der Waals surface area contributed by atoms with E-state index in [0.29, 0.717) is 11.8 Å². The molecule has 0 aliphatic heterocycles. The van der Waals surface area contributed by atoms with Crippen LogP contribution < -0.4 is 0 Å². The van der Waals surface area contributed by atoms with E-state index >= 15 is 0 Å². The van der Waals surface area contributed by atoms with E-state index in [1.807, 2.05) is 6.20 Å². The highest BCUT2D eigenvalue weighted by Gasteiger charge is 2.13. The molecule has 0 amide bonds. The van der Waals surface area contributed by atoms with Crippen LogP contribution >= 0.6 is 0 Å². The quantitative estimate of drug-likeness (QED) is 0.688. The SMILES string of the molecule is CCc1ncc2c(n1)C=CC(C#CC(C)C)C2. The predicted molar refractivity (Wildman–Crippen MR) is 70.3 cm³/mol. The second kappa shape index (κ2) is 5.14. The van der Waals surface area contributed by atoms with E-state index in [9.17, 15) is 0 Å². The maximum atomic E-state index is 4.52. The highest BCUT2D eigenvalue weighted by atomic mass is 14.9. The molecule has 1 aromatic heterocycles. The summed E-state index contributed by atoms with van der Waals surface area (Å²) >= 11 is 0. The number of hydrogen-bond donors (Lipinski definition) is 0. The van der Waals surface area contributed by atoms with Gasteiger partial charge in [0.25, 0.3) is 0 Å². The van der Waals surface area contributed by atoms with E-state index in [4.69, 9.17) is 0 Å². The molecule has 0 radical (unpaired) electrons. The van der Waals surface area contributed by atoms with Crippen LogP contribution in [0.2, 0.25) is 0 Å². The van der Waals surface area contributed by atoms with Crippen LogP contribution in [0.4, 0.5) is 0 Å². The molecule has 88 valence electrons. The van der Waals surface area contributed by atoms with E-state index in [2.05, 4.69) is 54.7 Å². The first-order chi connectivity index (χ1) is 8.19. The van der Waals surface area contributed by atoms with E-state index < -0.39 is 0 Å². The molecule has 1 aromatic rings. The average molecular weight is 226 g/mol. The summed E-state index contributed by atoms with van der Waals surface area (Å²) in [4.78, 5) is 8.86. The lowest BCUT2D eigenvalue weighted by Gasteiger charge is -2.14. The number of hydrogen-bond acceptors (Lipinski definition) is 2. The molecule has 0 N–H and O–H groups in total. The zero-order chi connectivity index (χ0) is 12.3. The minimum Gasteiger partial charge on any atom is -0.241 e. The van der Waals surface area contributed by atoms with Gasteiger partial charge < -0.3 is 0 Å². The summed E-state index contributed by atoms with van der Waals surface area (Å²) in [7, 11) is 0. The van der Waals surface area contributed by atoms with Gasteiger partial charge in [-0.25, -0.2) is 9.97 Å². The lowest BCUT2D eigenvalue weighted by atomic mass is 9.93. The molecule has 2 rings (SSSR count). The lowest BCUT2D eigenvalue weighted by Crippen LogP contribution is -2.09. The van der Waals surface area contributed by atoms with Gasteiger partial charge in [0.15, 0.2) is 0 Å². The van der Waals surface area contributed by atoms with Gasteiger partial charge in [0.1, 0.15) is 5.82 Å². The molecular weight excluding hydrogens is 208 g/mol. The van der Waals surface area contributed by atoms with Gasteiger partial charge >= 0.3 is 0 Å². The van der Waals surface area contributed by atoms with Crippen molar-refractivity contribution in [2.75, 3.05) is 0 Å². The Labute approximate surface area is 103 Å². The summed E-state index contributed by atoms with van der Waals surface area (Å²) < 4.78 is 0. The van der Waals surface area contributed by atoms with Crippen molar-refractivity contribution in [3.8, 4) is 11.8 Å². The van der Waals surface area contributed by atoms with Gasteiger partial charge in [0, 0.05) is 24.5 Å². The molecule has 1 aliphatic rings. The largest absolute Gasteiger partial charge is 0.241 e. The summed E-state index contributed by atoms with van der Waals surface area (Å²) in [6.07, 6.45) is 8.02. The number of allylic oxidation sites excluding steroid dienone is 1. The molecule has 0 bridgehead atoms. The Morgan fingerprint density at radius 3 is 3.00 bits per heavy atom. The van der Waals surface area contributed by atoms with Gasteiger partial charge in [-0.3, -0.25) is 0 Å². The number of fused-ring (bicyclic) bond motifs is 1. The van der Waals surface area contributed by atoms with Crippen LogP contribution in [-0.2, 0) is 12.8 Å². The maximum absolute atomic E-state index is 4.52. The van der Waals surface area contributed by atoms with Crippen molar-refractivity contribution in [1.29, 1.82) is 0 Å². The predicted octanol–water partition coefficient (Wildman–Crippen LogP) is 2.88. The van der Waals surface area contributed by atoms with Gasteiger partial charge in [-0.2, -0.15) is 0 Å². The minimum absolute atomic E-state index is 0.320. The van der Waals surface area contributed by atoms with Crippen molar-refractivity contribution in [2.45, 2.75) is 33.6 Å². The zero-order valence-corrected chi connectivity index (χ0v) is 10.7. The first kappa shape index (κ1) is 11.9. The second-order valence-corrected chi connectivity index (χ2v) is 4.66. The number of aromatic nitrogens is 2. The third-order valence-corrected chi connectivity index (χ3v) is 2.75. The standard InChI is InChI=1S/C15H18N2/c1-4-15-16-10-13-9-12(6-5-11(2)3)7-8-14(13)17-15/h7-8,10-12H,4,9H2,1-3H3. The van der Waals surface area contributed by atoms with Gasteiger partial charge in [0.2, 0.25) is 0 Å². The number of nitrogens with zero attached hydrogens (tertiary/aromatic N) is 2. The highest BCUT2D eigenvalue weighted by Crippen LogP contribution is 2.20. The Morgan fingerprint density at radius 2 is 2.29 bits per heavy atom. The highest BCUT2D eigenvalue weighted by molar-refractivity contribution is 5.53. The molecule has 1 atom stereocenters. The third-order valence-electron chi connectivity index (χ3n) is 2.75. The molecule has 0 aromatic carbocycles. The monoisotopic (exact) mass is 226 g/mol. The topological polar surface area (TPSA) is 25.8 Å². The van der Waals surface area contributed by atoms with E-state index in [1.165, 1.54) is 5.56 Å². The van der Waals surface area contributed by atoms with Crippen molar-refractivity contribution in [3.05, 3.63) is 29.4 Å². The molecule has 2 heteroatoms. The lowest BCUT2D eigenvalue weighted by molar-refractivity contribution is 0.785. The third kappa shape index (κ3) is 2.94. The Bertz CT molecular complexity index is 489. The Morgan fingerprint density at radius 1 is 1.47 bits per heavy atom. The summed E-state index contributed by atoms with van der Waals surface area (Å²) in [6.45, 7) is 6.30. The van der Waals surface area contributed by atoms with Crippen molar-refractivity contribution >= 4 is 6.08 Å².